The van der Waals surface area contributed by atoms with Crippen LogP contribution < -0.4 is 9.80 Å². The third-order valence-corrected chi connectivity index (χ3v) is 9.60. The van der Waals surface area contributed by atoms with Crippen LogP contribution in [0.4, 0.5) is 17.1 Å². The molecule has 1 saturated heterocycles. The molecule has 0 spiro atoms. The maximum absolute atomic E-state index is 14.2. The first-order chi connectivity index (χ1) is 22.1. The Morgan fingerprint density at radius 2 is 1.85 bits per heavy atom. The Labute approximate surface area is 272 Å². The number of likely N-dealkylation sites (tertiary alicyclic amines) is 1. The summed E-state index contributed by atoms with van der Waals surface area (Å²) in [6.07, 6.45) is 12.3. The smallest absolute Gasteiger partial charge is 0.264 e. The second kappa shape index (κ2) is 14.2. The van der Waals surface area contributed by atoms with Gasteiger partial charge in [0.1, 0.15) is 0 Å². The van der Waals surface area contributed by atoms with Gasteiger partial charge in [0.2, 0.25) is 11.8 Å². The van der Waals surface area contributed by atoms with E-state index < -0.39 is 17.4 Å². The van der Waals surface area contributed by atoms with E-state index in [2.05, 4.69) is 26.8 Å². The molecule has 0 saturated carbocycles. The van der Waals surface area contributed by atoms with Crippen molar-refractivity contribution in [2.24, 2.45) is 5.92 Å². The highest BCUT2D eigenvalue weighted by Crippen LogP contribution is 2.48. The van der Waals surface area contributed by atoms with Crippen molar-refractivity contribution in [2.75, 3.05) is 29.5 Å². The number of hydrogen-bond donors (Lipinski definition) is 2. The van der Waals surface area contributed by atoms with E-state index in [0.29, 0.717) is 42.9 Å². The second-order valence-corrected chi connectivity index (χ2v) is 13.1. The highest BCUT2D eigenvalue weighted by Gasteiger charge is 2.52. The van der Waals surface area contributed by atoms with Crippen molar-refractivity contribution in [3.05, 3.63) is 89.0 Å². The van der Waals surface area contributed by atoms with E-state index in [9.17, 15) is 24.6 Å². The minimum absolute atomic E-state index is 0.0344. The summed E-state index contributed by atoms with van der Waals surface area (Å²) in [6.45, 7) is 8.88. The molecule has 8 nitrogen and oxygen atoms in total. The van der Waals surface area contributed by atoms with Gasteiger partial charge in [0.15, 0.2) is 5.60 Å². The topological polar surface area (TPSA) is 101 Å². The minimum Gasteiger partial charge on any atom is -0.394 e. The van der Waals surface area contributed by atoms with Crippen LogP contribution in [0, 0.1) is 5.92 Å². The van der Waals surface area contributed by atoms with Crippen LogP contribution in [0.3, 0.4) is 0 Å². The number of allylic oxidation sites excluding steroid dienone is 3. The molecule has 2 aromatic rings. The zero-order valence-electron chi connectivity index (χ0n) is 27.5. The van der Waals surface area contributed by atoms with Crippen LogP contribution in [0.25, 0.3) is 0 Å². The Balaban J connectivity index is 1.47. The molecule has 3 heterocycles. The largest absolute Gasteiger partial charge is 0.394 e. The fourth-order valence-electron chi connectivity index (χ4n) is 6.89. The van der Waals surface area contributed by atoms with Crippen molar-refractivity contribution in [1.82, 2.24) is 4.90 Å². The number of nitrogens with zero attached hydrogens (tertiary/aromatic N) is 3. The highest BCUT2D eigenvalue weighted by molar-refractivity contribution is 6.09. The number of para-hydroxylation sites is 1. The van der Waals surface area contributed by atoms with Crippen molar-refractivity contribution in [2.45, 2.75) is 84.3 Å². The van der Waals surface area contributed by atoms with Crippen LogP contribution in [0.2, 0.25) is 0 Å². The Hall–Kier alpha value is -4.01. The molecule has 3 atom stereocenters. The molecule has 2 aromatic carbocycles. The van der Waals surface area contributed by atoms with E-state index in [1.807, 2.05) is 42.5 Å². The Morgan fingerprint density at radius 3 is 2.61 bits per heavy atom. The van der Waals surface area contributed by atoms with E-state index in [-0.39, 0.29) is 30.9 Å². The number of benzene rings is 2. The summed E-state index contributed by atoms with van der Waals surface area (Å²) >= 11 is 0. The van der Waals surface area contributed by atoms with E-state index in [4.69, 9.17) is 0 Å². The number of aliphatic hydroxyl groups excluding tert-OH is 1. The third-order valence-electron chi connectivity index (χ3n) is 9.60. The van der Waals surface area contributed by atoms with Crippen molar-refractivity contribution in [3.63, 3.8) is 0 Å². The zero-order valence-corrected chi connectivity index (χ0v) is 27.5. The molecule has 244 valence electrons. The van der Waals surface area contributed by atoms with E-state index in [1.54, 1.807) is 39.8 Å². The Bertz CT molecular complexity index is 1570. The first kappa shape index (κ1) is 33.4. The lowest BCUT2D eigenvalue weighted by Crippen LogP contribution is -2.44. The number of amides is 3. The molecule has 5 rings (SSSR count). The van der Waals surface area contributed by atoms with Crippen LogP contribution in [-0.2, 0) is 26.4 Å². The molecular formula is C38H47N3O5. The summed E-state index contributed by atoms with van der Waals surface area (Å²) in [7, 11) is 0. The predicted molar refractivity (Wildman–Crippen MR) is 182 cm³/mol. The summed E-state index contributed by atoms with van der Waals surface area (Å²) in [4.78, 5) is 45.4. The fourth-order valence-corrected chi connectivity index (χ4v) is 6.89. The van der Waals surface area contributed by atoms with Gasteiger partial charge in [-0.15, -0.1) is 0 Å². The number of aliphatic hydroxyl groups is 2. The molecule has 3 amide bonds. The lowest BCUT2D eigenvalue weighted by atomic mass is 9.82. The molecule has 8 heteroatoms. The average Bonchev–Trinajstić information content (AvgIpc) is 3.61. The fraction of sp³-hybridized carbons (Fsp3) is 0.447. The molecule has 0 aromatic heterocycles. The SMILES string of the molecule is CC(C)=CCC/C(C)=C/CN1C(=O)[C@](O)([C@H](C)/C=C/CC(=O)N2CCC[C@H]2CO)c2cc(N3C(=O)CCc4ccccc43)ccc21. The van der Waals surface area contributed by atoms with Crippen LogP contribution in [0.5, 0.6) is 0 Å². The van der Waals surface area contributed by atoms with Gasteiger partial charge in [0.25, 0.3) is 5.91 Å². The van der Waals surface area contributed by atoms with Gasteiger partial charge in [-0.25, -0.2) is 0 Å². The molecule has 1 fully saturated rings. The third kappa shape index (κ3) is 6.60. The number of rotatable bonds is 11. The molecule has 0 radical (unpaired) electrons. The lowest BCUT2D eigenvalue weighted by molar-refractivity contribution is -0.139. The Morgan fingerprint density at radius 1 is 1.07 bits per heavy atom. The number of hydrogen-bond acceptors (Lipinski definition) is 5. The number of carbonyl (C=O) groups is 3. The first-order valence-corrected chi connectivity index (χ1v) is 16.5. The normalized spacial score (nSPS) is 22.0. The molecule has 0 unspecified atom stereocenters. The van der Waals surface area contributed by atoms with Crippen LogP contribution in [-0.4, -0.2) is 58.6 Å². The van der Waals surface area contributed by atoms with Crippen LogP contribution in [0.15, 0.2) is 77.9 Å². The maximum Gasteiger partial charge on any atom is 0.264 e. The monoisotopic (exact) mass is 625 g/mol. The quantitative estimate of drug-likeness (QED) is 0.295. The molecule has 46 heavy (non-hydrogen) atoms. The number of fused-ring (bicyclic) bond motifs is 2. The van der Waals surface area contributed by atoms with Gasteiger partial charge >= 0.3 is 0 Å². The molecular weight excluding hydrogens is 578 g/mol. The minimum atomic E-state index is -1.89. The van der Waals surface area contributed by atoms with Gasteiger partial charge < -0.3 is 20.0 Å². The first-order valence-electron chi connectivity index (χ1n) is 16.5. The van der Waals surface area contributed by atoms with E-state index in [0.717, 1.165) is 42.5 Å². The number of carbonyl (C=O) groups excluding carboxylic acids is 3. The molecule has 0 bridgehead atoms. The summed E-state index contributed by atoms with van der Waals surface area (Å²) in [6, 6.07) is 13.1. The van der Waals surface area contributed by atoms with Crippen molar-refractivity contribution in [3.8, 4) is 0 Å². The zero-order chi connectivity index (χ0) is 33.0. The maximum atomic E-state index is 14.2. The van der Waals surface area contributed by atoms with Crippen LogP contribution in [0.1, 0.15) is 77.3 Å². The summed E-state index contributed by atoms with van der Waals surface area (Å²) in [5.41, 5.74) is 4.08. The summed E-state index contributed by atoms with van der Waals surface area (Å²) < 4.78 is 0. The standard InChI is InChI=1S/C38H47N3O5/c1-26(2)10-7-11-27(3)21-23-40-34-19-18-30(41-33-15-6-5-13-29(33)17-20-36(41)44)24-32(34)38(46,37(40)45)28(4)12-8-16-35(43)39-22-9-14-31(39)25-42/h5-6,8,10,12-13,15,18-19,21,24,28,31,42,46H,7,9,11,14,16-17,20,22-23,25H2,1-4H3/b12-8+,27-21+/t28-,31+,38+/m1/s1. The van der Waals surface area contributed by atoms with Crippen molar-refractivity contribution >= 4 is 34.8 Å². The van der Waals surface area contributed by atoms with Gasteiger partial charge in [0, 0.05) is 43.1 Å². The Kier molecular flexibility index (Phi) is 10.3. The molecule has 2 N–H and O–H groups in total. The van der Waals surface area contributed by atoms with Gasteiger partial charge in [-0.3, -0.25) is 19.3 Å². The molecule has 3 aliphatic heterocycles. The molecule has 3 aliphatic rings. The molecule has 0 aliphatic carbocycles. The van der Waals surface area contributed by atoms with Gasteiger partial charge in [-0.1, -0.05) is 60.6 Å². The van der Waals surface area contributed by atoms with Crippen molar-refractivity contribution < 1.29 is 24.6 Å². The highest BCUT2D eigenvalue weighted by atomic mass is 16.3. The van der Waals surface area contributed by atoms with E-state index >= 15 is 0 Å². The van der Waals surface area contributed by atoms with Gasteiger partial charge in [-0.05, 0) is 82.7 Å². The average molecular weight is 626 g/mol. The van der Waals surface area contributed by atoms with Crippen LogP contribution >= 0.6 is 0 Å². The van der Waals surface area contributed by atoms with Gasteiger partial charge in [0.05, 0.1) is 24.0 Å². The number of anilines is 3. The lowest BCUT2D eigenvalue weighted by Gasteiger charge is -2.31. The van der Waals surface area contributed by atoms with Gasteiger partial charge in [-0.2, -0.15) is 0 Å². The second-order valence-electron chi connectivity index (χ2n) is 13.1. The summed E-state index contributed by atoms with van der Waals surface area (Å²) in [5, 5.41) is 22.0. The summed E-state index contributed by atoms with van der Waals surface area (Å²) in [5.74, 6) is -1.20. The van der Waals surface area contributed by atoms with Crippen molar-refractivity contribution in [1.29, 1.82) is 0 Å². The predicted octanol–water partition coefficient (Wildman–Crippen LogP) is 6.09. The number of aryl methyl sites for hydroxylation is 1. The van der Waals surface area contributed by atoms with E-state index in [1.165, 1.54) is 5.57 Å².